The van der Waals surface area contributed by atoms with Gasteiger partial charge in [0.1, 0.15) is 0 Å². The second-order valence-corrected chi connectivity index (χ2v) is 9.99. The summed E-state index contributed by atoms with van der Waals surface area (Å²) < 4.78 is 29.0. The number of piperazine rings is 1. The third-order valence-corrected chi connectivity index (χ3v) is 8.22. The number of rotatable bonds is 3. The summed E-state index contributed by atoms with van der Waals surface area (Å²) in [4.78, 5) is 14.8. The van der Waals surface area contributed by atoms with Gasteiger partial charge in [-0.25, -0.2) is 9.52 Å². The lowest BCUT2D eigenvalue weighted by Gasteiger charge is -2.53. The molecule has 1 aromatic carbocycles. The van der Waals surface area contributed by atoms with Gasteiger partial charge < -0.3 is 5.32 Å². The third kappa shape index (κ3) is 2.85. The van der Waals surface area contributed by atoms with Crippen LogP contribution in [0.25, 0.3) is 0 Å². The van der Waals surface area contributed by atoms with E-state index in [1.165, 1.54) is 26.6 Å². The van der Waals surface area contributed by atoms with Crippen molar-refractivity contribution in [1.29, 1.82) is 0 Å². The van der Waals surface area contributed by atoms with Crippen molar-refractivity contribution in [3.63, 3.8) is 0 Å². The summed E-state index contributed by atoms with van der Waals surface area (Å²) in [7, 11) is -1.78. The Kier molecular flexibility index (Phi) is 4.00. The fourth-order valence-electron chi connectivity index (χ4n) is 5.24. The number of fused-ring (bicyclic) bond motifs is 4. The Balaban J connectivity index is 1.33. The highest BCUT2D eigenvalue weighted by atomic mass is 32.2. The molecule has 0 spiro atoms. The number of nitrogens with one attached hydrogen (secondary N) is 2. The van der Waals surface area contributed by atoms with E-state index in [0.29, 0.717) is 13.1 Å². The van der Waals surface area contributed by atoms with Crippen molar-refractivity contribution in [3.8, 4) is 0 Å². The molecular formula is C19H26N4O3S. The fourth-order valence-corrected chi connectivity index (χ4v) is 6.39. The van der Waals surface area contributed by atoms with E-state index in [-0.39, 0.29) is 12.1 Å². The summed E-state index contributed by atoms with van der Waals surface area (Å²) in [6.07, 6.45) is 7.22. The second kappa shape index (κ2) is 6.18. The molecule has 27 heavy (non-hydrogen) atoms. The Labute approximate surface area is 160 Å². The van der Waals surface area contributed by atoms with Crippen LogP contribution in [0.1, 0.15) is 41.5 Å². The molecule has 2 atom stereocenters. The minimum Gasteiger partial charge on any atom is -0.307 e. The van der Waals surface area contributed by atoms with Crippen LogP contribution in [0.3, 0.4) is 0 Å². The zero-order valence-corrected chi connectivity index (χ0v) is 16.4. The van der Waals surface area contributed by atoms with E-state index in [0.717, 1.165) is 50.6 Å². The monoisotopic (exact) mass is 390 g/mol. The highest BCUT2D eigenvalue weighted by molar-refractivity contribution is 7.87. The highest BCUT2D eigenvalue weighted by Crippen LogP contribution is 2.38. The van der Waals surface area contributed by atoms with Gasteiger partial charge in [0.2, 0.25) is 0 Å². The lowest BCUT2D eigenvalue weighted by Crippen LogP contribution is -2.69. The molecule has 3 aliphatic heterocycles. The van der Waals surface area contributed by atoms with Crippen LogP contribution in [0.2, 0.25) is 0 Å². The van der Waals surface area contributed by atoms with Gasteiger partial charge in [-0.2, -0.15) is 12.7 Å². The zero-order chi connectivity index (χ0) is 18.8. The van der Waals surface area contributed by atoms with Gasteiger partial charge >= 0.3 is 16.2 Å². The van der Waals surface area contributed by atoms with Gasteiger partial charge in [0, 0.05) is 30.9 Å². The largest absolute Gasteiger partial charge is 0.333 e. The number of nitrogens with zero attached hydrogens (tertiary/aromatic N) is 2. The number of hydrogen-bond donors (Lipinski definition) is 2. The number of carbonyl (C=O) groups excluding carboxylic acids is 1. The molecule has 3 saturated heterocycles. The van der Waals surface area contributed by atoms with E-state index in [1.807, 2.05) is 7.05 Å². The molecule has 2 N–H and O–H groups in total. The molecule has 2 amide bonds. The number of hydrogen-bond acceptors (Lipinski definition) is 4. The summed E-state index contributed by atoms with van der Waals surface area (Å²) in [6, 6.07) is 2.19. The van der Waals surface area contributed by atoms with Crippen molar-refractivity contribution in [2.75, 3.05) is 25.5 Å². The molecule has 2 bridgehead atoms. The van der Waals surface area contributed by atoms with E-state index in [2.05, 4.69) is 21.0 Å². The van der Waals surface area contributed by atoms with Crippen LogP contribution in [0.15, 0.2) is 6.07 Å². The van der Waals surface area contributed by atoms with Crippen LogP contribution in [0, 0.1) is 0 Å². The number of aryl methyl sites for hydroxylation is 2. The number of amides is 2. The third-order valence-electron chi connectivity index (χ3n) is 6.80. The summed E-state index contributed by atoms with van der Waals surface area (Å²) in [5, 5.41) is 2.90. The molecule has 6 rings (SSSR count). The Morgan fingerprint density at radius 1 is 1.04 bits per heavy atom. The number of piperidine rings is 1. The maximum atomic E-state index is 12.7. The lowest BCUT2D eigenvalue weighted by atomic mass is 9.90. The first-order valence-electron chi connectivity index (χ1n) is 9.89. The number of benzene rings is 1. The molecule has 2 aliphatic carbocycles. The quantitative estimate of drug-likeness (QED) is 0.818. The number of anilines is 1. The van der Waals surface area contributed by atoms with Crippen molar-refractivity contribution in [1.82, 2.24) is 13.9 Å². The zero-order valence-electron chi connectivity index (χ0n) is 15.6. The van der Waals surface area contributed by atoms with E-state index in [9.17, 15) is 13.2 Å². The predicted octanol–water partition coefficient (Wildman–Crippen LogP) is 1.42. The number of urea groups is 1. The molecule has 5 aliphatic rings. The second-order valence-electron chi connectivity index (χ2n) is 8.32. The fraction of sp³-hybridized carbons (Fsp3) is 0.632. The van der Waals surface area contributed by atoms with E-state index in [4.69, 9.17) is 0 Å². The molecule has 3 heterocycles. The van der Waals surface area contributed by atoms with Gasteiger partial charge in [0.25, 0.3) is 0 Å². The first-order valence-corrected chi connectivity index (χ1v) is 11.3. The minimum atomic E-state index is -3.81. The molecule has 146 valence electrons. The lowest BCUT2D eigenvalue weighted by molar-refractivity contribution is -0.0213. The van der Waals surface area contributed by atoms with E-state index in [1.54, 1.807) is 0 Å². The predicted molar refractivity (Wildman–Crippen MR) is 103 cm³/mol. The van der Waals surface area contributed by atoms with Gasteiger partial charge in [0.15, 0.2) is 0 Å². The molecule has 1 aromatic rings. The molecule has 0 aromatic heterocycles. The Bertz CT molecular complexity index is 870. The van der Waals surface area contributed by atoms with Crippen LogP contribution < -0.4 is 10.0 Å². The van der Waals surface area contributed by atoms with Gasteiger partial charge in [-0.1, -0.05) is 6.07 Å². The van der Waals surface area contributed by atoms with Gasteiger partial charge in [-0.15, -0.1) is 0 Å². The molecular weight excluding hydrogens is 364 g/mol. The maximum absolute atomic E-state index is 12.7. The molecule has 8 heteroatoms. The van der Waals surface area contributed by atoms with Crippen molar-refractivity contribution in [3.05, 3.63) is 28.3 Å². The van der Waals surface area contributed by atoms with Gasteiger partial charge in [-0.3, -0.25) is 4.90 Å². The average molecular weight is 391 g/mol. The first-order chi connectivity index (χ1) is 12.9. The van der Waals surface area contributed by atoms with Crippen LogP contribution in [0.4, 0.5) is 10.5 Å². The van der Waals surface area contributed by atoms with Crippen LogP contribution >= 0.6 is 0 Å². The first kappa shape index (κ1) is 17.5. The van der Waals surface area contributed by atoms with Crippen molar-refractivity contribution >= 4 is 21.9 Å². The molecule has 3 fully saturated rings. The standard InChI is InChI=1S/C19H26N4O3S/c1-22-14-9-15(22)11-23(10-14)27(25,26)21-19(24)20-18-16-6-2-4-12(16)8-13-5-3-7-17(13)18/h8,14-15H,2-7,9-11H2,1H3,(H2,20,21,24). The van der Waals surface area contributed by atoms with E-state index < -0.39 is 16.2 Å². The summed E-state index contributed by atoms with van der Waals surface area (Å²) >= 11 is 0. The molecule has 2 unspecified atom stereocenters. The Morgan fingerprint density at radius 3 is 2.19 bits per heavy atom. The van der Waals surface area contributed by atoms with Gasteiger partial charge in [-0.05, 0) is 74.2 Å². The summed E-state index contributed by atoms with van der Waals surface area (Å²) in [6.45, 7) is 0.900. The Hall–Kier alpha value is -1.64. The summed E-state index contributed by atoms with van der Waals surface area (Å²) in [5.41, 5.74) is 5.89. The number of likely N-dealkylation sites (N-methyl/N-ethyl adjacent to an activating group) is 1. The molecule has 0 radical (unpaired) electrons. The van der Waals surface area contributed by atoms with E-state index >= 15 is 0 Å². The van der Waals surface area contributed by atoms with Gasteiger partial charge in [0.05, 0.1) is 0 Å². The smallest absolute Gasteiger partial charge is 0.307 e. The van der Waals surface area contributed by atoms with Crippen molar-refractivity contribution < 1.29 is 13.2 Å². The maximum Gasteiger partial charge on any atom is 0.333 e. The normalized spacial score (nSPS) is 27.0. The highest BCUT2D eigenvalue weighted by Gasteiger charge is 2.46. The van der Waals surface area contributed by atoms with Crippen LogP contribution in [0.5, 0.6) is 0 Å². The topological polar surface area (TPSA) is 81.8 Å². The summed E-state index contributed by atoms with van der Waals surface area (Å²) in [5.74, 6) is 0. The average Bonchev–Trinajstić information content (AvgIpc) is 3.29. The van der Waals surface area contributed by atoms with Crippen molar-refractivity contribution in [2.45, 2.75) is 57.0 Å². The molecule has 0 saturated carbocycles. The van der Waals surface area contributed by atoms with Crippen molar-refractivity contribution in [2.24, 2.45) is 0 Å². The number of carbonyl (C=O) groups is 1. The SMILES string of the molecule is CN1C2CC1CN(S(=O)(=O)NC(=O)Nc1c3c(cc4c1CCC4)CCC3)C2. The Morgan fingerprint density at radius 2 is 1.63 bits per heavy atom. The van der Waals surface area contributed by atoms with Crippen LogP contribution in [-0.2, 0) is 35.9 Å². The molecule has 7 nitrogen and oxygen atoms in total. The van der Waals surface area contributed by atoms with Crippen LogP contribution in [-0.4, -0.2) is 55.9 Å². The minimum absolute atomic E-state index is 0.268.